The Bertz CT molecular complexity index is 2390. The van der Waals surface area contributed by atoms with E-state index < -0.39 is 71.0 Å². The summed E-state index contributed by atoms with van der Waals surface area (Å²) in [5, 5.41) is 25.8. The Hall–Kier alpha value is -5.43. The van der Waals surface area contributed by atoms with Gasteiger partial charge in [-0.1, -0.05) is 6.07 Å². The second kappa shape index (κ2) is 14.9. The fourth-order valence-corrected chi connectivity index (χ4v) is 12.5. The van der Waals surface area contributed by atoms with Crippen molar-refractivity contribution in [3.8, 4) is 40.2 Å². The van der Waals surface area contributed by atoms with Crippen LogP contribution in [-0.4, -0.2) is 117 Å². The van der Waals surface area contributed by atoms with Gasteiger partial charge in [-0.3, -0.25) is 29.5 Å². The van der Waals surface area contributed by atoms with E-state index in [2.05, 4.69) is 5.32 Å². The Kier molecular flexibility index (Phi) is 9.99. The molecule has 7 atom stereocenters. The molecule has 7 unspecified atom stereocenters. The highest BCUT2D eigenvalue weighted by atomic mass is 32.2. The summed E-state index contributed by atoms with van der Waals surface area (Å²) < 4.78 is 47.3. The van der Waals surface area contributed by atoms with Crippen LogP contribution in [0.15, 0.2) is 18.2 Å². The van der Waals surface area contributed by atoms with Gasteiger partial charge in [-0.25, -0.2) is 4.79 Å². The Balaban J connectivity index is 1.40. The smallest absolute Gasteiger partial charge is 0.333 e. The zero-order valence-corrected chi connectivity index (χ0v) is 35.7. The number of carbonyl (C=O) groups excluding carboxylic acids is 4. The number of rotatable bonds is 6. The van der Waals surface area contributed by atoms with Crippen LogP contribution >= 0.6 is 11.8 Å². The zero-order chi connectivity index (χ0) is 43.4. The topological polar surface area (TPSA) is 201 Å². The maximum atomic E-state index is 15.6. The number of nitrogens with one attached hydrogen (secondary N) is 1. The molecule has 7 heterocycles. The third-order valence-corrected chi connectivity index (χ3v) is 14.8. The summed E-state index contributed by atoms with van der Waals surface area (Å²) in [7, 11) is 7.17. The molecule has 3 N–H and O–H groups in total. The van der Waals surface area contributed by atoms with Gasteiger partial charge < -0.3 is 48.1 Å². The molecular weight excluding hydrogens is 815 g/mol. The summed E-state index contributed by atoms with van der Waals surface area (Å²) in [4.78, 5) is 60.8. The number of methoxy groups -OCH3 is 4. The van der Waals surface area contributed by atoms with Crippen molar-refractivity contribution >= 4 is 35.6 Å². The van der Waals surface area contributed by atoms with Gasteiger partial charge in [0.1, 0.15) is 5.75 Å². The van der Waals surface area contributed by atoms with E-state index in [0.717, 1.165) is 5.56 Å². The van der Waals surface area contributed by atoms with Crippen molar-refractivity contribution in [1.82, 2.24) is 15.1 Å². The molecule has 324 valence electrons. The minimum absolute atomic E-state index is 0.0406. The average molecular weight is 862 g/mol. The van der Waals surface area contributed by atoms with Crippen molar-refractivity contribution in [1.29, 1.82) is 0 Å². The molecule has 2 saturated heterocycles. The number of likely N-dealkylation sites (N-methyl/N-ethyl adjacent to an activating group) is 1. The number of hydrogen-bond acceptors (Lipinski definition) is 18. The molecule has 0 aliphatic carbocycles. The van der Waals surface area contributed by atoms with Crippen molar-refractivity contribution in [2.45, 2.75) is 74.8 Å². The lowest BCUT2D eigenvalue weighted by Crippen LogP contribution is -2.72. The summed E-state index contributed by atoms with van der Waals surface area (Å²) in [5.41, 5.74) is 3.00. The van der Waals surface area contributed by atoms with Crippen molar-refractivity contribution in [3.63, 3.8) is 0 Å². The van der Waals surface area contributed by atoms with Crippen LogP contribution in [-0.2, 0) is 51.8 Å². The molecule has 0 aromatic heterocycles. The summed E-state index contributed by atoms with van der Waals surface area (Å²) in [6.45, 7) is 5.03. The minimum Gasteiger partial charge on any atom is -0.504 e. The first kappa shape index (κ1) is 40.9. The van der Waals surface area contributed by atoms with Gasteiger partial charge in [-0.2, -0.15) is 0 Å². The summed E-state index contributed by atoms with van der Waals surface area (Å²) >= 11 is 1.38. The summed E-state index contributed by atoms with van der Waals surface area (Å²) in [6, 6.07) is 1.88. The fourth-order valence-electron chi connectivity index (χ4n) is 10.8. The third kappa shape index (κ3) is 5.78. The number of phenols is 2. The van der Waals surface area contributed by atoms with E-state index >= 15 is 4.79 Å². The molecule has 4 bridgehead atoms. The number of thioether (sulfide) groups is 1. The molecule has 0 saturated carbocycles. The van der Waals surface area contributed by atoms with Crippen LogP contribution in [0.2, 0.25) is 0 Å². The molecule has 7 aliphatic heterocycles. The Morgan fingerprint density at radius 3 is 2.34 bits per heavy atom. The Labute approximate surface area is 355 Å². The van der Waals surface area contributed by atoms with Gasteiger partial charge in [0.05, 0.1) is 51.3 Å². The van der Waals surface area contributed by atoms with Gasteiger partial charge >= 0.3 is 23.9 Å². The van der Waals surface area contributed by atoms with Gasteiger partial charge in [-0.05, 0) is 68.1 Å². The summed E-state index contributed by atoms with van der Waals surface area (Å²) in [6.07, 6.45) is -0.708. The lowest BCUT2D eigenvalue weighted by Gasteiger charge is -2.63. The van der Waals surface area contributed by atoms with E-state index in [9.17, 15) is 24.6 Å². The van der Waals surface area contributed by atoms with E-state index in [1.807, 2.05) is 29.8 Å². The van der Waals surface area contributed by atoms with Crippen LogP contribution in [0.3, 0.4) is 0 Å². The number of aryl methyl sites for hydroxylation is 1. The van der Waals surface area contributed by atoms with Gasteiger partial charge in [0.25, 0.3) is 0 Å². The number of phenolic OH excluding ortho intramolecular Hbond substituents is 2. The van der Waals surface area contributed by atoms with Crippen LogP contribution in [0.25, 0.3) is 0 Å². The highest BCUT2D eigenvalue weighted by Crippen LogP contribution is 2.66. The normalized spacial score (nSPS) is 27.1. The van der Waals surface area contributed by atoms with Crippen molar-refractivity contribution in [2.24, 2.45) is 5.92 Å². The van der Waals surface area contributed by atoms with Crippen LogP contribution in [0.5, 0.6) is 40.2 Å². The second-order valence-electron chi connectivity index (χ2n) is 16.2. The van der Waals surface area contributed by atoms with Gasteiger partial charge in [-0.15, -0.1) is 11.8 Å². The molecule has 17 nitrogen and oxygen atoms in total. The number of ether oxygens (including phenoxy) is 8. The van der Waals surface area contributed by atoms with Gasteiger partial charge in [0.2, 0.25) is 6.79 Å². The summed E-state index contributed by atoms with van der Waals surface area (Å²) in [5.74, 6) is -3.56. The van der Waals surface area contributed by atoms with E-state index in [0.29, 0.717) is 51.9 Å². The number of piperazine rings is 1. The zero-order valence-electron chi connectivity index (χ0n) is 34.9. The van der Waals surface area contributed by atoms with E-state index in [-0.39, 0.29) is 59.2 Å². The van der Waals surface area contributed by atoms with Crippen LogP contribution in [0, 0.1) is 19.8 Å². The predicted octanol–water partition coefficient (Wildman–Crippen LogP) is 3.38. The molecule has 0 radical (unpaired) electrons. The molecule has 10 rings (SSSR count). The molecule has 2 fully saturated rings. The van der Waals surface area contributed by atoms with E-state index in [1.165, 1.54) is 47.1 Å². The van der Waals surface area contributed by atoms with Crippen molar-refractivity contribution in [3.05, 3.63) is 62.7 Å². The average Bonchev–Trinajstić information content (AvgIpc) is 3.74. The fraction of sp³-hybridized carbons (Fsp3) is 0.488. The monoisotopic (exact) mass is 861 g/mol. The first-order chi connectivity index (χ1) is 29.2. The van der Waals surface area contributed by atoms with Gasteiger partial charge in [0.15, 0.2) is 52.2 Å². The first-order valence-electron chi connectivity index (χ1n) is 19.9. The molecule has 3 aromatic carbocycles. The standard InChI is InChI=1S/C43H47N3O14S/c1-17-11-21-12-23-30(29(40(50)55-7)41(51)56-8)46-32(31(45(23)4)26(21)33(49)34(17)54-6)38-27-28(37-36(57-16-58-37)18(2)35(27)59-19(3)47)39(46)60-42(52)43(15-61-38)22-14-25(53-5)24(48)13-20(22)9-10-44-43/h11,13-14,23,29-32,38-39,44,48-49H,9-10,12,15-16H2,1-8H3. The van der Waals surface area contributed by atoms with E-state index in [1.54, 1.807) is 19.1 Å². The SMILES string of the molecule is COC(=O)C(C(=O)OC)C1C2Cc3cc(C)c(OC)c(O)c3C(C3C4SCC5(NCCc6cc(O)c(OC)cc65)C(=O)OC(c5c6c(c(C)c(OC(C)=O)c54)OCO6)N13)N2C. The third-order valence-electron chi connectivity index (χ3n) is 13.3. The number of esters is 4. The van der Waals surface area contributed by atoms with Crippen LogP contribution in [0.1, 0.15) is 69.0 Å². The first-order valence-corrected chi connectivity index (χ1v) is 20.9. The largest absolute Gasteiger partial charge is 0.504 e. The molecule has 3 aromatic rings. The molecular formula is C43H47N3O14S. The maximum Gasteiger partial charge on any atom is 0.333 e. The molecule has 1 spiro atoms. The predicted molar refractivity (Wildman–Crippen MR) is 215 cm³/mol. The number of hydrogen-bond donors (Lipinski definition) is 3. The number of carbonyl (C=O) groups is 4. The highest BCUT2D eigenvalue weighted by Gasteiger charge is 2.66. The number of benzene rings is 3. The lowest BCUT2D eigenvalue weighted by atomic mass is 9.70. The van der Waals surface area contributed by atoms with E-state index in [4.69, 9.17) is 37.9 Å². The lowest BCUT2D eigenvalue weighted by molar-refractivity contribution is -0.204. The molecule has 0 amide bonds. The number of aromatic hydroxyl groups is 2. The Morgan fingerprint density at radius 2 is 1.67 bits per heavy atom. The quantitative estimate of drug-likeness (QED) is 0.141. The Morgan fingerprint density at radius 1 is 0.951 bits per heavy atom. The molecule has 18 heteroatoms. The van der Waals surface area contributed by atoms with Crippen LogP contribution < -0.4 is 29.0 Å². The highest BCUT2D eigenvalue weighted by molar-refractivity contribution is 7.99. The number of fused-ring (bicyclic) bond motifs is 8. The molecule has 61 heavy (non-hydrogen) atoms. The van der Waals surface area contributed by atoms with Crippen LogP contribution in [0.4, 0.5) is 0 Å². The second-order valence-corrected chi connectivity index (χ2v) is 17.3. The molecule has 7 aliphatic rings. The van der Waals surface area contributed by atoms with Gasteiger partial charge in [0, 0.05) is 48.0 Å². The number of nitrogens with zero attached hydrogens (tertiary/aromatic N) is 2. The maximum absolute atomic E-state index is 15.6. The van der Waals surface area contributed by atoms with Crippen molar-refractivity contribution < 1.29 is 67.3 Å². The van der Waals surface area contributed by atoms with Crippen molar-refractivity contribution in [2.75, 3.05) is 54.6 Å². The minimum atomic E-state index is -1.56.